The normalized spacial score (nSPS) is 13.4. The third-order valence-electron chi connectivity index (χ3n) is 5.90. The second kappa shape index (κ2) is 8.95. The van der Waals surface area contributed by atoms with Crippen LogP contribution in [0.3, 0.4) is 0 Å². The highest BCUT2D eigenvalue weighted by molar-refractivity contribution is 7.89. The molecule has 10 heteroatoms. The van der Waals surface area contributed by atoms with Crippen molar-refractivity contribution < 1.29 is 22.5 Å². The molecular weight excluding hydrogens is 448 g/mol. The molecule has 2 aromatic carbocycles. The second-order valence-corrected chi connectivity index (χ2v) is 9.76. The molecule has 1 aliphatic carbocycles. The standard InChI is InChI=1S/C23H24N2O7S/c1-3-24(4-2)33(29,30)18-8-9-21(20(13-18)25(27)28)31-14-17-12-23(26)32-22-11-16-7-5-6-15(16)10-19(17)22/h8-13H,3-7,14H2,1-2H3. The summed E-state index contributed by atoms with van der Waals surface area (Å²) in [5.74, 6) is -0.0824. The number of nitrogens with zero attached hydrogens (tertiary/aromatic N) is 2. The molecule has 0 bridgehead atoms. The summed E-state index contributed by atoms with van der Waals surface area (Å²) in [5.41, 5.74) is 2.35. The minimum absolute atomic E-state index is 0.0824. The number of sulfonamides is 1. The summed E-state index contributed by atoms with van der Waals surface area (Å²) >= 11 is 0. The lowest BCUT2D eigenvalue weighted by molar-refractivity contribution is -0.386. The maximum atomic E-state index is 12.8. The molecule has 1 heterocycles. The smallest absolute Gasteiger partial charge is 0.336 e. The zero-order chi connectivity index (χ0) is 23.8. The first-order valence-electron chi connectivity index (χ1n) is 10.7. The number of fused-ring (bicyclic) bond motifs is 2. The van der Waals surface area contributed by atoms with E-state index in [4.69, 9.17) is 9.15 Å². The molecule has 9 nitrogen and oxygen atoms in total. The van der Waals surface area contributed by atoms with E-state index in [2.05, 4.69) is 0 Å². The van der Waals surface area contributed by atoms with Gasteiger partial charge in [0.05, 0.1) is 9.82 Å². The van der Waals surface area contributed by atoms with E-state index in [0.717, 1.165) is 36.3 Å². The largest absolute Gasteiger partial charge is 0.482 e. The predicted octanol–water partition coefficient (Wildman–Crippen LogP) is 3.80. The van der Waals surface area contributed by atoms with Gasteiger partial charge in [0.1, 0.15) is 12.2 Å². The molecule has 0 saturated heterocycles. The van der Waals surface area contributed by atoms with Gasteiger partial charge < -0.3 is 9.15 Å². The topological polar surface area (TPSA) is 120 Å². The van der Waals surface area contributed by atoms with Crippen molar-refractivity contribution in [1.29, 1.82) is 0 Å². The summed E-state index contributed by atoms with van der Waals surface area (Å²) in [6.45, 7) is 3.78. The van der Waals surface area contributed by atoms with Crippen LogP contribution in [0.5, 0.6) is 5.75 Å². The number of rotatable bonds is 8. The fraction of sp³-hybridized carbons (Fsp3) is 0.348. The molecule has 174 valence electrons. The van der Waals surface area contributed by atoms with Crippen LogP contribution >= 0.6 is 0 Å². The van der Waals surface area contributed by atoms with E-state index >= 15 is 0 Å². The van der Waals surface area contributed by atoms with Gasteiger partial charge in [-0.1, -0.05) is 13.8 Å². The Hall–Kier alpha value is -3.24. The van der Waals surface area contributed by atoms with E-state index in [1.165, 1.54) is 28.1 Å². The van der Waals surface area contributed by atoms with Gasteiger partial charge in [0.15, 0.2) is 5.75 Å². The van der Waals surface area contributed by atoms with E-state index in [1.54, 1.807) is 13.8 Å². The minimum atomic E-state index is -3.86. The van der Waals surface area contributed by atoms with Gasteiger partial charge >= 0.3 is 11.3 Å². The van der Waals surface area contributed by atoms with Gasteiger partial charge in [-0.3, -0.25) is 10.1 Å². The van der Waals surface area contributed by atoms with Crippen LogP contribution in [-0.2, 0) is 29.5 Å². The number of ether oxygens (including phenoxy) is 1. The van der Waals surface area contributed by atoms with Crippen molar-refractivity contribution in [1.82, 2.24) is 4.31 Å². The maximum absolute atomic E-state index is 12.8. The Morgan fingerprint density at radius 3 is 2.45 bits per heavy atom. The van der Waals surface area contributed by atoms with Crippen LogP contribution in [0.4, 0.5) is 5.69 Å². The summed E-state index contributed by atoms with van der Waals surface area (Å²) < 4.78 is 37.8. The van der Waals surface area contributed by atoms with Crippen molar-refractivity contribution in [3.63, 3.8) is 0 Å². The van der Waals surface area contributed by atoms with Crippen molar-refractivity contribution in [2.45, 2.75) is 44.6 Å². The van der Waals surface area contributed by atoms with Crippen LogP contribution in [0.25, 0.3) is 11.0 Å². The fourth-order valence-electron chi connectivity index (χ4n) is 4.20. The molecule has 1 aliphatic rings. The van der Waals surface area contributed by atoms with Crippen molar-refractivity contribution in [3.05, 3.63) is 73.6 Å². The van der Waals surface area contributed by atoms with E-state index in [9.17, 15) is 23.3 Å². The first-order valence-corrected chi connectivity index (χ1v) is 12.2. The first-order chi connectivity index (χ1) is 15.7. The van der Waals surface area contributed by atoms with Gasteiger partial charge in [-0.05, 0) is 54.7 Å². The lowest BCUT2D eigenvalue weighted by atomic mass is 10.0. The molecule has 4 rings (SSSR count). The lowest BCUT2D eigenvalue weighted by Crippen LogP contribution is -2.30. The Morgan fingerprint density at radius 2 is 1.79 bits per heavy atom. The molecule has 0 aliphatic heterocycles. The zero-order valence-corrected chi connectivity index (χ0v) is 19.2. The highest BCUT2D eigenvalue weighted by Crippen LogP contribution is 2.33. The number of benzene rings is 2. The fourth-order valence-corrected chi connectivity index (χ4v) is 5.68. The molecular formula is C23H24N2O7S. The Kier molecular flexibility index (Phi) is 6.22. The number of hydrogen-bond acceptors (Lipinski definition) is 7. The van der Waals surface area contributed by atoms with Gasteiger partial charge in [-0.15, -0.1) is 0 Å². The third kappa shape index (κ3) is 4.36. The number of hydrogen-bond donors (Lipinski definition) is 0. The van der Waals surface area contributed by atoms with Gasteiger partial charge in [0, 0.05) is 36.2 Å². The highest BCUT2D eigenvalue weighted by Gasteiger charge is 2.26. The molecule has 0 fully saturated rings. The average Bonchev–Trinajstić information content (AvgIpc) is 3.23. The molecule has 0 atom stereocenters. The van der Waals surface area contributed by atoms with Gasteiger partial charge in [-0.2, -0.15) is 4.31 Å². The number of aryl methyl sites for hydroxylation is 2. The van der Waals surface area contributed by atoms with Crippen LogP contribution in [0.1, 0.15) is 37.0 Å². The molecule has 0 amide bonds. The van der Waals surface area contributed by atoms with Crippen molar-refractivity contribution in [3.8, 4) is 5.75 Å². The molecule has 3 aromatic rings. The zero-order valence-electron chi connectivity index (χ0n) is 18.4. The monoisotopic (exact) mass is 472 g/mol. The summed E-state index contributed by atoms with van der Waals surface area (Å²) in [7, 11) is -3.86. The molecule has 0 N–H and O–H groups in total. The van der Waals surface area contributed by atoms with Crippen molar-refractivity contribution in [2.24, 2.45) is 0 Å². The van der Waals surface area contributed by atoms with E-state index in [0.29, 0.717) is 11.1 Å². The van der Waals surface area contributed by atoms with Crippen LogP contribution in [-0.4, -0.2) is 30.7 Å². The maximum Gasteiger partial charge on any atom is 0.336 e. The van der Waals surface area contributed by atoms with E-state index < -0.39 is 26.3 Å². The molecule has 0 radical (unpaired) electrons. The summed E-state index contributed by atoms with van der Waals surface area (Å²) in [5, 5.41) is 12.4. The summed E-state index contributed by atoms with van der Waals surface area (Å²) in [6, 6.07) is 8.74. The van der Waals surface area contributed by atoms with Crippen molar-refractivity contribution in [2.75, 3.05) is 13.1 Å². The van der Waals surface area contributed by atoms with Crippen LogP contribution < -0.4 is 10.4 Å². The van der Waals surface area contributed by atoms with Gasteiger partial charge in [-0.25, -0.2) is 13.2 Å². The second-order valence-electron chi connectivity index (χ2n) is 7.83. The molecule has 0 unspecified atom stereocenters. The highest BCUT2D eigenvalue weighted by atomic mass is 32.2. The molecule has 0 saturated carbocycles. The molecule has 1 aromatic heterocycles. The van der Waals surface area contributed by atoms with E-state index in [-0.39, 0.29) is 30.3 Å². The minimum Gasteiger partial charge on any atom is -0.482 e. The Bertz CT molecular complexity index is 1390. The van der Waals surface area contributed by atoms with Gasteiger partial charge in [0.25, 0.3) is 0 Å². The Balaban J connectivity index is 1.68. The van der Waals surface area contributed by atoms with Gasteiger partial charge in [0.2, 0.25) is 10.0 Å². The van der Waals surface area contributed by atoms with E-state index in [1.807, 2.05) is 12.1 Å². The Morgan fingerprint density at radius 1 is 1.09 bits per heavy atom. The SMILES string of the molecule is CCN(CC)S(=O)(=O)c1ccc(OCc2cc(=O)oc3cc4c(cc23)CCC4)c([N+](=O)[O-])c1. The quantitative estimate of drug-likeness (QED) is 0.278. The number of nitro groups is 1. The summed E-state index contributed by atoms with van der Waals surface area (Å²) in [6.07, 6.45) is 2.92. The Labute approximate surface area is 190 Å². The van der Waals surface area contributed by atoms with Crippen molar-refractivity contribution >= 4 is 26.7 Å². The summed E-state index contributed by atoms with van der Waals surface area (Å²) in [4.78, 5) is 22.9. The van der Waals surface area contributed by atoms with Crippen LogP contribution in [0, 0.1) is 10.1 Å². The average molecular weight is 473 g/mol. The number of nitro benzene ring substituents is 1. The first kappa shape index (κ1) is 22.9. The van der Waals surface area contributed by atoms with Crippen LogP contribution in [0.15, 0.2) is 50.5 Å². The predicted molar refractivity (Wildman–Crippen MR) is 122 cm³/mol. The lowest BCUT2D eigenvalue weighted by Gasteiger charge is -2.18. The third-order valence-corrected chi connectivity index (χ3v) is 7.94. The van der Waals surface area contributed by atoms with Crippen LogP contribution in [0.2, 0.25) is 0 Å². The molecule has 33 heavy (non-hydrogen) atoms. The molecule has 0 spiro atoms.